The van der Waals surface area contributed by atoms with Gasteiger partial charge in [-0.2, -0.15) is 0 Å². The van der Waals surface area contributed by atoms with Gasteiger partial charge in [0.2, 0.25) is 0 Å². The Hall–Kier alpha value is 1.28. The molecule has 72 valence electrons. The van der Waals surface area contributed by atoms with Crippen LogP contribution in [0, 0.1) is 0 Å². The average Bonchev–Trinajstić information content (AvgIpc) is 0.469. The Labute approximate surface area is 62.7 Å². The zero-order valence-corrected chi connectivity index (χ0v) is 9.59. The fourth-order valence-corrected chi connectivity index (χ4v) is 0. The summed E-state index contributed by atoms with van der Waals surface area (Å²) in [5.41, 5.74) is 0. The first-order chi connectivity index (χ1) is 3.00. The van der Waals surface area contributed by atoms with Crippen LogP contribution in [0.4, 0.5) is 0 Å². The first-order valence-electron chi connectivity index (χ1n) is 1.53. The van der Waals surface area contributed by atoms with Crippen molar-refractivity contribution in [3.05, 3.63) is 0 Å². The van der Waals surface area contributed by atoms with Crippen molar-refractivity contribution in [2.45, 2.75) is 0 Å². The van der Waals surface area contributed by atoms with E-state index in [9.17, 15) is 0 Å². The van der Waals surface area contributed by atoms with Crippen LogP contribution < -0.4 is 26.4 Å². The van der Waals surface area contributed by atoms with Gasteiger partial charge in [-0.3, -0.25) is 0 Å². The van der Waals surface area contributed by atoms with Gasteiger partial charge in [-0.25, -0.2) is 0 Å². The predicted octanol–water partition coefficient (Wildman–Crippen LogP) is -1.48. The Morgan fingerprint density at radius 2 is 0.600 bits per heavy atom. The van der Waals surface area contributed by atoms with E-state index in [2.05, 4.69) is 0 Å². The minimum absolute atomic E-state index is 4.91. The molecule has 0 aromatic heterocycles. The Kier molecular flexibility index (Phi) is 0.718. The number of rotatable bonds is 0. The quantitative estimate of drug-likeness (QED) is 0.294. The third kappa shape index (κ3) is 389. The van der Waals surface area contributed by atoms with Gasteiger partial charge < -0.3 is 0 Å². The number of hydrogen-bond donors (Lipinski definition) is 6. The minimum atomic E-state index is -8.36. The SMILES string of the molecule is [NH2][Ir]([NH2])([NH2])([NH2])([NH2])([NH2])([Cl])([Cl])[Cl]. The third-order valence-corrected chi connectivity index (χ3v) is 0. The third-order valence-electron chi connectivity index (χ3n) is 0. The van der Waals surface area contributed by atoms with Crippen molar-refractivity contribution >= 4 is 28.8 Å². The summed E-state index contributed by atoms with van der Waals surface area (Å²) in [5, 5.41) is 0. The molecule has 0 unspecified atom stereocenters. The van der Waals surface area contributed by atoms with Crippen LogP contribution in [0.1, 0.15) is 0 Å². The first-order valence-corrected chi connectivity index (χ1v) is 18.7. The standard InChI is InChI=1S/3ClH.Ir.6H2N/h3*1H;;6*1H2/q;;;+9;6*-1/p-3. The molecule has 0 aliphatic heterocycles. The van der Waals surface area contributed by atoms with Crippen molar-refractivity contribution in [2.75, 3.05) is 0 Å². The van der Waals surface area contributed by atoms with Crippen LogP contribution >= 0.6 is 28.8 Å². The molecule has 0 fully saturated rings. The van der Waals surface area contributed by atoms with Crippen LogP contribution in [0.15, 0.2) is 0 Å². The Bertz CT molecular complexity index is 199. The van der Waals surface area contributed by atoms with E-state index in [-0.39, 0.29) is 0 Å². The summed E-state index contributed by atoms with van der Waals surface area (Å²) in [7, 11) is 7.11. The Morgan fingerprint density at radius 1 is 0.600 bits per heavy atom. The summed E-state index contributed by atoms with van der Waals surface area (Å²) in [6.45, 7) is 0. The van der Waals surface area contributed by atoms with Crippen molar-refractivity contribution in [3.8, 4) is 0 Å². The molecule has 0 amide bonds. The molecule has 0 atom stereocenters. The van der Waals surface area contributed by atoms with Crippen LogP contribution in [0.2, 0.25) is 0 Å². The van der Waals surface area contributed by atoms with Gasteiger partial charge in [-0.15, -0.1) is 0 Å². The van der Waals surface area contributed by atoms with Crippen LogP contribution in [0.25, 0.3) is 0 Å². The van der Waals surface area contributed by atoms with Crippen molar-refractivity contribution in [1.82, 2.24) is 0 Å². The van der Waals surface area contributed by atoms with Crippen molar-refractivity contribution in [1.29, 1.82) is 0 Å². The van der Waals surface area contributed by atoms with E-state index < -0.39 is 7.68 Å². The van der Waals surface area contributed by atoms with E-state index in [0.717, 1.165) is 0 Å². The van der Waals surface area contributed by atoms with Crippen LogP contribution in [-0.2, 0) is 7.68 Å². The van der Waals surface area contributed by atoms with E-state index in [1.54, 1.807) is 0 Å². The zero-order chi connectivity index (χ0) is 9.33. The number of halogens is 3. The molecule has 0 aliphatic rings. The van der Waals surface area contributed by atoms with Gasteiger partial charge >= 0.3 is 62.9 Å². The topological polar surface area (TPSA) is 156 Å². The maximum absolute atomic E-state index is 8.36. The summed E-state index contributed by atoms with van der Waals surface area (Å²) in [5.74, 6) is 0. The molecular weight excluding hydrogens is 383 g/mol. The second-order valence-electron chi connectivity index (χ2n) is 3.12. The molecule has 0 radical (unpaired) electrons. The van der Waals surface area contributed by atoms with Crippen molar-refractivity contribution < 1.29 is 7.68 Å². The number of nitrogens with two attached hydrogens (primary N) is 6. The van der Waals surface area contributed by atoms with Crippen LogP contribution in [-0.4, -0.2) is 0 Å². The Morgan fingerprint density at radius 3 is 0.600 bits per heavy atom. The molecule has 0 aliphatic carbocycles. The molecule has 0 rings (SSSR count). The molecule has 0 bridgehead atoms. The molecule has 6 nitrogen and oxygen atoms in total. The van der Waals surface area contributed by atoms with E-state index in [1.165, 1.54) is 0 Å². The average molecular weight is 395 g/mol. The molecule has 0 spiro atoms. The molecular formula is H12Cl3IrN6. The molecule has 12 N–H and O–H groups in total. The van der Waals surface area contributed by atoms with Gasteiger partial charge in [0.1, 0.15) is 0 Å². The fourth-order valence-electron chi connectivity index (χ4n) is 0. The molecule has 0 saturated carbocycles. The fraction of sp³-hybridized carbons (Fsp3) is 0. The summed E-state index contributed by atoms with van der Waals surface area (Å²) in [4.78, 5) is 0. The summed E-state index contributed by atoms with van der Waals surface area (Å²) in [6, 6.07) is 0. The van der Waals surface area contributed by atoms with Crippen molar-refractivity contribution in [2.24, 2.45) is 26.4 Å². The van der Waals surface area contributed by atoms with Gasteiger partial charge in [0.25, 0.3) is 0 Å². The van der Waals surface area contributed by atoms with Gasteiger partial charge in [0, 0.05) is 0 Å². The molecule has 0 aromatic rings. The summed E-state index contributed by atoms with van der Waals surface area (Å²) < 4.78 is 29.4. The van der Waals surface area contributed by atoms with E-state index >= 15 is 0 Å². The first kappa shape index (κ1) is 11.3. The molecule has 0 heterocycles. The predicted molar refractivity (Wildman–Crippen MR) is 42.7 cm³/mol. The second-order valence-corrected chi connectivity index (χ2v) is 56.3. The van der Waals surface area contributed by atoms with E-state index in [1.807, 2.05) is 0 Å². The molecule has 0 aromatic carbocycles. The molecule has 10 heavy (non-hydrogen) atoms. The second kappa shape index (κ2) is 0.637. The summed E-state index contributed by atoms with van der Waals surface area (Å²) in [6.07, 6.45) is 0. The van der Waals surface area contributed by atoms with Crippen molar-refractivity contribution in [3.63, 3.8) is 0 Å². The summed E-state index contributed by atoms with van der Waals surface area (Å²) >= 11 is 0. The number of hydrogen-bond acceptors (Lipinski definition) is 6. The van der Waals surface area contributed by atoms with Gasteiger partial charge in [0.05, 0.1) is 0 Å². The van der Waals surface area contributed by atoms with Crippen LogP contribution in [0.5, 0.6) is 0 Å². The molecule has 10 heteroatoms. The maximum atomic E-state index is 5.16. The Balaban J connectivity index is 6.55. The normalized spacial score (nSPS) is 35.1. The monoisotopic (exact) mass is 394 g/mol. The van der Waals surface area contributed by atoms with Gasteiger partial charge in [-0.1, -0.05) is 0 Å². The van der Waals surface area contributed by atoms with E-state index in [4.69, 9.17) is 55.2 Å². The van der Waals surface area contributed by atoms with Gasteiger partial charge in [-0.05, 0) is 0 Å². The van der Waals surface area contributed by atoms with Crippen LogP contribution in [0.3, 0.4) is 0 Å². The molecule has 0 saturated heterocycles. The van der Waals surface area contributed by atoms with Gasteiger partial charge in [0.15, 0.2) is 0 Å². The zero-order valence-electron chi connectivity index (χ0n) is 4.93. The van der Waals surface area contributed by atoms with E-state index in [0.29, 0.717) is 0 Å².